The Kier molecular flexibility index (Phi) is 7.85. The second-order valence-corrected chi connectivity index (χ2v) is 11.2. The second-order valence-electron chi connectivity index (χ2n) is 11.2. The van der Waals surface area contributed by atoms with Gasteiger partial charge in [0.25, 0.3) is 0 Å². The number of nitrogens with zero attached hydrogens (tertiary/aromatic N) is 6. The van der Waals surface area contributed by atoms with Crippen LogP contribution < -0.4 is 9.64 Å². The molecule has 0 atom stereocenters. The minimum atomic E-state index is -0.283. The van der Waals surface area contributed by atoms with E-state index in [0.717, 1.165) is 51.8 Å². The third-order valence-corrected chi connectivity index (χ3v) is 8.44. The molecule has 9 heteroatoms. The number of hydrogen-bond donors (Lipinski definition) is 0. The number of hydrogen-bond acceptors (Lipinski definition) is 6. The van der Waals surface area contributed by atoms with E-state index in [-0.39, 0.29) is 11.7 Å². The molecule has 2 fully saturated rings. The third kappa shape index (κ3) is 5.89. The molecule has 4 aromatic rings. The number of piperazine rings is 1. The highest BCUT2D eigenvalue weighted by molar-refractivity contribution is 5.91. The first-order valence-electron chi connectivity index (χ1n) is 14.7. The maximum atomic E-state index is 13.7. The second kappa shape index (κ2) is 11.8. The standard InChI is InChI=1S/C32H37FN6O2/c1-22-30-31(38-18-16-37(17-19-38)29(40)21-24-8-14-27(41-2)15-9-24)34-28(20-23-6-4-3-5-7-23)35-32(30)39(36-22)26-12-10-25(33)11-13-26/h8-15,23H,3-7,16-21H2,1-2H3. The molecule has 1 saturated heterocycles. The lowest BCUT2D eigenvalue weighted by molar-refractivity contribution is -0.130. The van der Waals surface area contributed by atoms with E-state index in [0.29, 0.717) is 38.5 Å². The summed E-state index contributed by atoms with van der Waals surface area (Å²) in [6, 6.07) is 14.0. The fourth-order valence-electron chi connectivity index (χ4n) is 6.13. The number of benzene rings is 2. The van der Waals surface area contributed by atoms with Gasteiger partial charge in [-0.25, -0.2) is 19.0 Å². The Balaban J connectivity index is 1.26. The molecule has 2 aromatic heterocycles. The number of ether oxygens (including phenoxy) is 1. The lowest BCUT2D eigenvalue weighted by atomic mass is 9.87. The van der Waals surface area contributed by atoms with Crippen molar-refractivity contribution in [2.75, 3.05) is 38.2 Å². The number of halogens is 1. The van der Waals surface area contributed by atoms with Crippen LogP contribution in [-0.2, 0) is 17.6 Å². The van der Waals surface area contributed by atoms with Crippen LogP contribution in [0.5, 0.6) is 5.75 Å². The van der Waals surface area contributed by atoms with Gasteiger partial charge in [-0.2, -0.15) is 5.10 Å². The van der Waals surface area contributed by atoms with Crippen LogP contribution in [0.25, 0.3) is 16.7 Å². The van der Waals surface area contributed by atoms with Crippen LogP contribution in [0, 0.1) is 18.7 Å². The molecule has 0 bridgehead atoms. The summed E-state index contributed by atoms with van der Waals surface area (Å²) < 4.78 is 20.7. The number of methoxy groups -OCH3 is 1. The van der Waals surface area contributed by atoms with Crippen molar-refractivity contribution in [1.82, 2.24) is 24.6 Å². The summed E-state index contributed by atoms with van der Waals surface area (Å²) in [6.45, 7) is 4.60. The quantitative estimate of drug-likeness (QED) is 0.308. The zero-order valence-corrected chi connectivity index (χ0v) is 23.9. The summed E-state index contributed by atoms with van der Waals surface area (Å²) in [6.07, 6.45) is 7.47. The highest BCUT2D eigenvalue weighted by Gasteiger charge is 2.27. The predicted octanol–water partition coefficient (Wildman–Crippen LogP) is 5.29. The van der Waals surface area contributed by atoms with Crippen LogP contribution in [0.4, 0.5) is 10.2 Å². The monoisotopic (exact) mass is 556 g/mol. The van der Waals surface area contributed by atoms with Crippen LogP contribution in [0.15, 0.2) is 48.5 Å². The van der Waals surface area contributed by atoms with Crippen molar-refractivity contribution in [1.29, 1.82) is 0 Å². The smallest absolute Gasteiger partial charge is 0.227 e. The molecule has 1 amide bonds. The fourth-order valence-corrected chi connectivity index (χ4v) is 6.13. The normalized spacial score (nSPS) is 16.4. The number of rotatable bonds is 7. The molecule has 2 aromatic carbocycles. The first-order valence-corrected chi connectivity index (χ1v) is 14.7. The van der Waals surface area contributed by atoms with Crippen LogP contribution in [0.1, 0.15) is 49.2 Å². The highest BCUT2D eigenvalue weighted by Crippen LogP contribution is 2.32. The van der Waals surface area contributed by atoms with Crippen LogP contribution in [-0.4, -0.2) is 63.8 Å². The van der Waals surface area contributed by atoms with Crippen molar-refractivity contribution in [3.05, 3.63) is 71.4 Å². The Morgan fingerprint density at radius 3 is 2.34 bits per heavy atom. The summed E-state index contributed by atoms with van der Waals surface area (Å²) in [5, 5.41) is 5.74. The number of anilines is 1. The summed E-state index contributed by atoms with van der Waals surface area (Å²) in [4.78, 5) is 27.5. The molecule has 1 saturated carbocycles. The van der Waals surface area contributed by atoms with Gasteiger partial charge in [-0.15, -0.1) is 0 Å². The Labute approximate surface area is 240 Å². The summed E-state index contributed by atoms with van der Waals surface area (Å²) in [7, 11) is 1.64. The van der Waals surface area contributed by atoms with Crippen molar-refractivity contribution in [2.45, 2.75) is 51.9 Å². The molecule has 41 heavy (non-hydrogen) atoms. The highest BCUT2D eigenvalue weighted by atomic mass is 19.1. The lowest BCUT2D eigenvalue weighted by Gasteiger charge is -2.36. The molecule has 1 aliphatic heterocycles. The number of carbonyl (C=O) groups is 1. The maximum absolute atomic E-state index is 13.7. The lowest BCUT2D eigenvalue weighted by Crippen LogP contribution is -2.49. The molecule has 0 radical (unpaired) electrons. The van der Waals surface area contributed by atoms with Gasteiger partial charge in [0, 0.05) is 32.6 Å². The number of aryl methyl sites for hydroxylation is 1. The molecule has 0 N–H and O–H groups in total. The minimum absolute atomic E-state index is 0.126. The number of amides is 1. The number of carbonyl (C=O) groups excluding carboxylic acids is 1. The van der Waals surface area contributed by atoms with E-state index in [2.05, 4.69) is 4.90 Å². The van der Waals surface area contributed by atoms with Gasteiger partial charge < -0.3 is 14.5 Å². The van der Waals surface area contributed by atoms with E-state index < -0.39 is 0 Å². The molecular weight excluding hydrogens is 519 g/mol. The average Bonchev–Trinajstić information content (AvgIpc) is 3.34. The first kappa shape index (κ1) is 27.2. The van der Waals surface area contributed by atoms with Gasteiger partial charge in [-0.05, 0) is 54.8 Å². The molecule has 3 heterocycles. The van der Waals surface area contributed by atoms with Gasteiger partial charge in [-0.1, -0.05) is 44.2 Å². The Morgan fingerprint density at radius 2 is 1.66 bits per heavy atom. The minimum Gasteiger partial charge on any atom is -0.497 e. The van der Waals surface area contributed by atoms with Gasteiger partial charge >= 0.3 is 0 Å². The predicted molar refractivity (Wildman–Crippen MR) is 157 cm³/mol. The zero-order valence-electron chi connectivity index (χ0n) is 23.9. The Hall–Kier alpha value is -4.01. The SMILES string of the molecule is COc1ccc(CC(=O)N2CCN(c3nc(CC4CCCCC4)nc4c3c(C)nn4-c3ccc(F)cc3)CC2)cc1. The van der Waals surface area contributed by atoms with Gasteiger partial charge in [0.05, 0.1) is 30.3 Å². The van der Waals surface area contributed by atoms with E-state index >= 15 is 0 Å². The molecule has 214 valence electrons. The average molecular weight is 557 g/mol. The largest absolute Gasteiger partial charge is 0.497 e. The molecule has 0 unspecified atom stereocenters. The number of fused-ring (bicyclic) bond motifs is 1. The Bertz CT molecular complexity index is 1500. The van der Waals surface area contributed by atoms with Gasteiger partial charge in [0.1, 0.15) is 23.2 Å². The van der Waals surface area contributed by atoms with Crippen molar-refractivity contribution in [3.8, 4) is 11.4 Å². The molecule has 0 spiro atoms. The molecule has 8 nitrogen and oxygen atoms in total. The van der Waals surface area contributed by atoms with Gasteiger partial charge in [0.15, 0.2) is 5.65 Å². The summed E-state index contributed by atoms with van der Waals surface area (Å²) >= 11 is 0. The van der Waals surface area contributed by atoms with Gasteiger partial charge in [0.2, 0.25) is 5.91 Å². The van der Waals surface area contributed by atoms with E-state index in [1.54, 1.807) is 19.2 Å². The maximum Gasteiger partial charge on any atom is 0.227 e. The van der Waals surface area contributed by atoms with E-state index in [1.807, 2.05) is 40.8 Å². The first-order chi connectivity index (χ1) is 20.0. The van der Waals surface area contributed by atoms with E-state index in [4.69, 9.17) is 19.8 Å². The molecule has 2 aliphatic rings. The summed E-state index contributed by atoms with van der Waals surface area (Å²) in [5.74, 6) is 2.93. The summed E-state index contributed by atoms with van der Waals surface area (Å²) in [5.41, 5.74) is 3.34. The van der Waals surface area contributed by atoms with Crippen LogP contribution >= 0.6 is 0 Å². The van der Waals surface area contributed by atoms with Crippen molar-refractivity contribution >= 4 is 22.8 Å². The van der Waals surface area contributed by atoms with Crippen molar-refractivity contribution in [3.63, 3.8) is 0 Å². The van der Waals surface area contributed by atoms with E-state index in [9.17, 15) is 9.18 Å². The van der Waals surface area contributed by atoms with Crippen molar-refractivity contribution < 1.29 is 13.9 Å². The zero-order chi connectivity index (χ0) is 28.3. The van der Waals surface area contributed by atoms with Crippen molar-refractivity contribution in [2.24, 2.45) is 5.92 Å². The van der Waals surface area contributed by atoms with Crippen LogP contribution in [0.3, 0.4) is 0 Å². The molecule has 1 aliphatic carbocycles. The van der Waals surface area contributed by atoms with E-state index in [1.165, 1.54) is 44.2 Å². The fraction of sp³-hybridized carbons (Fsp3) is 0.438. The number of aromatic nitrogens is 4. The van der Waals surface area contributed by atoms with Gasteiger partial charge in [-0.3, -0.25) is 4.79 Å². The molecule has 6 rings (SSSR count). The topological polar surface area (TPSA) is 76.4 Å². The van der Waals surface area contributed by atoms with Crippen LogP contribution in [0.2, 0.25) is 0 Å². The third-order valence-electron chi connectivity index (χ3n) is 8.44. The molecular formula is C32H37FN6O2. The Morgan fingerprint density at radius 1 is 0.951 bits per heavy atom.